The van der Waals surface area contributed by atoms with Gasteiger partial charge in [0.2, 0.25) is 5.91 Å². The van der Waals surface area contributed by atoms with E-state index in [-0.39, 0.29) is 30.5 Å². The summed E-state index contributed by atoms with van der Waals surface area (Å²) in [7, 11) is 3.26. The van der Waals surface area contributed by atoms with E-state index in [0.29, 0.717) is 11.3 Å². The molecule has 2 rings (SSSR count). The minimum Gasteiger partial charge on any atom is -0.345 e. The molecule has 0 aliphatic rings. The molecule has 1 aromatic carbocycles. The summed E-state index contributed by atoms with van der Waals surface area (Å²) in [6, 6.07) is 6.72. The summed E-state index contributed by atoms with van der Waals surface area (Å²) in [4.78, 5) is 35.6. The molecular formula is C15H17N5O4. The second-order valence-corrected chi connectivity index (χ2v) is 5.26. The Labute approximate surface area is 138 Å². The number of hydrogen-bond acceptors (Lipinski definition) is 5. The van der Waals surface area contributed by atoms with E-state index >= 15 is 0 Å². The van der Waals surface area contributed by atoms with Crippen molar-refractivity contribution in [1.82, 2.24) is 14.7 Å². The Morgan fingerprint density at radius 2 is 2.04 bits per heavy atom. The molecule has 0 bridgehead atoms. The van der Waals surface area contributed by atoms with Crippen LogP contribution in [0, 0.1) is 10.1 Å². The zero-order valence-electron chi connectivity index (χ0n) is 13.3. The van der Waals surface area contributed by atoms with Gasteiger partial charge in [-0.2, -0.15) is 5.10 Å². The highest BCUT2D eigenvalue weighted by Crippen LogP contribution is 2.17. The molecule has 2 aromatic rings. The van der Waals surface area contributed by atoms with Gasteiger partial charge < -0.3 is 10.2 Å². The van der Waals surface area contributed by atoms with Gasteiger partial charge in [0.25, 0.3) is 5.91 Å². The molecule has 0 fully saturated rings. The monoisotopic (exact) mass is 331 g/mol. The first kappa shape index (κ1) is 17.1. The van der Waals surface area contributed by atoms with Crippen LogP contribution in [0.1, 0.15) is 16.8 Å². The topological polar surface area (TPSA) is 110 Å². The van der Waals surface area contributed by atoms with Crippen LogP contribution in [0.3, 0.4) is 0 Å². The lowest BCUT2D eigenvalue weighted by atomic mass is 10.1. The van der Waals surface area contributed by atoms with Crippen LogP contribution in [0.5, 0.6) is 0 Å². The number of hydrogen-bond donors (Lipinski definition) is 1. The number of para-hydroxylation sites is 1. The van der Waals surface area contributed by atoms with Gasteiger partial charge in [-0.05, 0) is 12.1 Å². The van der Waals surface area contributed by atoms with E-state index in [1.165, 1.54) is 15.8 Å². The molecule has 9 nitrogen and oxygen atoms in total. The van der Waals surface area contributed by atoms with Crippen molar-refractivity contribution < 1.29 is 14.5 Å². The number of amides is 2. The third-order valence-corrected chi connectivity index (χ3v) is 3.24. The Morgan fingerprint density at radius 3 is 2.67 bits per heavy atom. The third-order valence-electron chi connectivity index (χ3n) is 3.24. The second-order valence-electron chi connectivity index (χ2n) is 5.26. The van der Waals surface area contributed by atoms with E-state index in [2.05, 4.69) is 10.4 Å². The summed E-state index contributed by atoms with van der Waals surface area (Å²) in [5.41, 5.74) is 0.690. The molecule has 1 aromatic heterocycles. The molecule has 0 aliphatic carbocycles. The third kappa shape index (κ3) is 4.15. The number of aryl methyl sites for hydroxylation is 1. The van der Waals surface area contributed by atoms with Crippen LogP contribution >= 0.6 is 0 Å². The first-order valence-corrected chi connectivity index (χ1v) is 7.16. The smallest absolute Gasteiger partial charge is 0.306 e. The SMILES string of the molecule is CN(C)C(=O)c1ccccc1NC(=O)CCn1cc([N+](=O)[O-])cn1. The average molecular weight is 331 g/mol. The fourth-order valence-corrected chi connectivity index (χ4v) is 2.02. The fraction of sp³-hybridized carbons (Fsp3) is 0.267. The van der Waals surface area contributed by atoms with Crippen molar-refractivity contribution in [2.45, 2.75) is 13.0 Å². The Kier molecular flexibility index (Phi) is 5.25. The van der Waals surface area contributed by atoms with E-state index in [1.807, 2.05) is 0 Å². The number of carbonyl (C=O) groups is 2. The Morgan fingerprint density at radius 1 is 1.33 bits per heavy atom. The molecule has 0 atom stereocenters. The molecular weight excluding hydrogens is 314 g/mol. The van der Waals surface area contributed by atoms with Gasteiger partial charge in [0, 0.05) is 27.1 Å². The molecule has 0 saturated carbocycles. The molecule has 0 aliphatic heterocycles. The molecule has 0 radical (unpaired) electrons. The minimum atomic E-state index is -0.549. The number of benzene rings is 1. The zero-order valence-corrected chi connectivity index (χ0v) is 13.3. The molecule has 0 unspecified atom stereocenters. The predicted octanol–water partition coefficient (Wildman–Crippen LogP) is 1.52. The first-order chi connectivity index (χ1) is 11.4. The van der Waals surface area contributed by atoms with Crippen molar-refractivity contribution in [3.63, 3.8) is 0 Å². The fourth-order valence-electron chi connectivity index (χ4n) is 2.02. The molecule has 1 heterocycles. The van der Waals surface area contributed by atoms with E-state index in [4.69, 9.17) is 0 Å². The number of carbonyl (C=O) groups excluding carboxylic acids is 2. The van der Waals surface area contributed by atoms with Gasteiger partial charge in [0.05, 0.1) is 16.2 Å². The number of nitrogens with one attached hydrogen (secondary N) is 1. The molecule has 9 heteroatoms. The zero-order chi connectivity index (χ0) is 17.7. The van der Waals surface area contributed by atoms with Crippen LogP contribution in [-0.2, 0) is 11.3 Å². The highest BCUT2D eigenvalue weighted by Gasteiger charge is 2.15. The molecule has 24 heavy (non-hydrogen) atoms. The van der Waals surface area contributed by atoms with E-state index in [9.17, 15) is 19.7 Å². The van der Waals surface area contributed by atoms with Crippen LogP contribution < -0.4 is 5.32 Å². The lowest BCUT2D eigenvalue weighted by Crippen LogP contribution is -2.24. The highest BCUT2D eigenvalue weighted by atomic mass is 16.6. The van der Waals surface area contributed by atoms with Crippen molar-refractivity contribution in [3.05, 3.63) is 52.3 Å². The molecule has 0 spiro atoms. The maximum atomic E-state index is 12.1. The summed E-state index contributed by atoms with van der Waals surface area (Å²) >= 11 is 0. The maximum Gasteiger partial charge on any atom is 0.306 e. The summed E-state index contributed by atoms with van der Waals surface area (Å²) in [5, 5.41) is 17.1. The Hall–Kier alpha value is -3.23. The normalized spacial score (nSPS) is 10.2. The number of rotatable bonds is 6. The molecule has 2 amide bonds. The lowest BCUT2D eigenvalue weighted by Gasteiger charge is -2.14. The molecule has 0 saturated heterocycles. The van der Waals surface area contributed by atoms with Crippen molar-refractivity contribution in [1.29, 1.82) is 0 Å². The summed E-state index contributed by atoms with van der Waals surface area (Å²) in [6.45, 7) is 0.198. The van der Waals surface area contributed by atoms with Crippen LogP contribution in [0.15, 0.2) is 36.7 Å². The number of nitrogens with zero attached hydrogens (tertiary/aromatic N) is 4. The second kappa shape index (κ2) is 7.36. The average Bonchev–Trinajstić information content (AvgIpc) is 3.02. The molecule has 1 N–H and O–H groups in total. The Bertz CT molecular complexity index is 769. The van der Waals surface area contributed by atoms with Crippen LogP contribution in [0.2, 0.25) is 0 Å². The van der Waals surface area contributed by atoms with Gasteiger partial charge in [-0.25, -0.2) is 0 Å². The van der Waals surface area contributed by atoms with Gasteiger partial charge in [0.1, 0.15) is 12.4 Å². The lowest BCUT2D eigenvalue weighted by molar-refractivity contribution is -0.385. The summed E-state index contributed by atoms with van der Waals surface area (Å²) in [5.74, 6) is -0.527. The summed E-state index contributed by atoms with van der Waals surface area (Å²) in [6.07, 6.45) is 2.46. The number of anilines is 1. The van der Waals surface area contributed by atoms with E-state index in [0.717, 1.165) is 6.20 Å². The van der Waals surface area contributed by atoms with E-state index < -0.39 is 4.92 Å². The highest BCUT2D eigenvalue weighted by molar-refractivity contribution is 6.03. The van der Waals surface area contributed by atoms with Crippen molar-refractivity contribution in [2.24, 2.45) is 0 Å². The number of aromatic nitrogens is 2. The van der Waals surface area contributed by atoms with Gasteiger partial charge in [-0.15, -0.1) is 0 Å². The van der Waals surface area contributed by atoms with Crippen LogP contribution in [0.25, 0.3) is 0 Å². The van der Waals surface area contributed by atoms with E-state index in [1.54, 1.807) is 38.4 Å². The summed E-state index contributed by atoms with van der Waals surface area (Å²) < 4.78 is 1.33. The van der Waals surface area contributed by atoms with Crippen molar-refractivity contribution >= 4 is 23.2 Å². The number of nitro groups is 1. The van der Waals surface area contributed by atoms with Crippen molar-refractivity contribution in [3.8, 4) is 0 Å². The minimum absolute atomic E-state index is 0.0727. The van der Waals surface area contributed by atoms with Crippen LogP contribution in [0.4, 0.5) is 11.4 Å². The van der Waals surface area contributed by atoms with Gasteiger partial charge in [-0.1, -0.05) is 12.1 Å². The largest absolute Gasteiger partial charge is 0.345 e. The van der Waals surface area contributed by atoms with Crippen LogP contribution in [-0.4, -0.2) is 45.5 Å². The van der Waals surface area contributed by atoms with Crippen molar-refractivity contribution in [2.75, 3.05) is 19.4 Å². The molecule has 126 valence electrons. The Balaban J connectivity index is 1.99. The predicted molar refractivity (Wildman–Crippen MR) is 86.6 cm³/mol. The quantitative estimate of drug-likeness (QED) is 0.637. The maximum absolute atomic E-state index is 12.1. The van der Waals surface area contributed by atoms with Gasteiger partial charge >= 0.3 is 5.69 Å². The first-order valence-electron chi connectivity index (χ1n) is 7.16. The van der Waals surface area contributed by atoms with Gasteiger partial charge in [-0.3, -0.25) is 24.4 Å². The van der Waals surface area contributed by atoms with Gasteiger partial charge in [0.15, 0.2) is 0 Å². The standard InChI is InChI=1S/C15H17N5O4/c1-18(2)15(22)12-5-3-4-6-13(12)17-14(21)7-8-19-10-11(9-16-19)20(23)24/h3-6,9-10H,7-8H2,1-2H3,(H,17,21).